The highest BCUT2D eigenvalue weighted by Crippen LogP contribution is 2.51. The molecule has 0 aliphatic heterocycles. The lowest BCUT2D eigenvalue weighted by molar-refractivity contribution is 0.445. The molecule has 0 spiro atoms. The third kappa shape index (κ3) is 5.79. The van der Waals surface area contributed by atoms with Gasteiger partial charge in [-0.15, -0.1) is 0 Å². The quantitative estimate of drug-likeness (QED) is 0.162. The van der Waals surface area contributed by atoms with Crippen LogP contribution in [0.5, 0.6) is 0 Å². The monoisotopic (exact) mass is 745 g/mol. The number of anilines is 3. The van der Waals surface area contributed by atoms with Crippen molar-refractivity contribution in [1.29, 1.82) is 0 Å². The highest BCUT2D eigenvalue weighted by atomic mass is 16.3. The third-order valence-corrected chi connectivity index (χ3v) is 12.5. The molecule has 1 heterocycles. The van der Waals surface area contributed by atoms with Crippen molar-refractivity contribution < 1.29 is 4.42 Å². The minimum absolute atomic E-state index is 0.567. The second-order valence-electron chi connectivity index (χ2n) is 15.8. The maximum Gasteiger partial charge on any atom is 0.159 e. The van der Waals surface area contributed by atoms with Crippen LogP contribution in [0.15, 0.2) is 199 Å². The van der Waals surface area contributed by atoms with Crippen LogP contribution in [-0.2, 0) is 0 Å². The molecule has 1 aliphatic carbocycles. The molecular weight excluding hydrogens is 703 g/mol. The van der Waals surface area contributed by atoms with Gasteiger partial charge in [0.25, 0.3) is 0 Å². The van der Waals surface area contributed by atoms with Crippen molar-refractivity contribution in [2.45, 2.75) is 38.0 Å². The van der Waals surface area contributed by atoms with Gasteiger partial charge in [0.1, 0.15) is 5.58 Å². The summed E-state index contributed by atoms with van der Waals surface area (Å²) in [7, 11) is 0. The summed E-state index contributed by atoms with van der Waals surface area (Å²) in [4.78, 5) is 2.47. The normalized spacial score (nSPS) is 13.4. The summed E-state index contributed by atoms with van der Waals surface area (Å²) in [5.74, 6) is 0.567. The summed E-state index contributed by atoms with van der Waals surface area (Å²) in [5, 5.41) is 7.35. The first-order valence-electron chi connectivity index (χ1n) is 20.8. The van der Waals surface area contributed by atoms with Gasteiger partial charge in [-0.25, -0.2) is 0 Å². The van der Waals surface area contributed by atoms with Gasteiger partial charge in [-0.1, -0.05) is 189 Å². The van der Waals surface area contributed by atoms with Crippen LogP contribution in [0.3, 0.4) is 0 Å². The molecule has 9 aromatic carbocycles. The van der Waals surface area contributed by atoms with Crippen LogP contribution in [0.4, 0.5) is 17.1 Å². The van der Waals surface area contributed by atoms with Crippen LogP contribution >= 0.6 is 0 Å². The SMILES string of the molecule is c1ccc(-c2cccc3cccc(-c4ccccc4N(c4ccccc4-c4cccc5cccc(C6CCCCC6)c45)c4cccc5c4oc4ccccc45)c23)cc1. The lowest BCUT2D eigenvalue weighted by Gasteiger charge is -2.31. The number of hydrogen-bond acceptors (Lipinski definition) is 2. The van der Waals surface area contributed by atoms with E-state index < -0.39 is 0 Å². The van der Waals surface area contributed by atoms with Crippen LogP contribution in [0.1, 0.15) is 43.6 Å². The van der Waals surface area contributed by atoms with Gasteiger partial charge in [0.05, 0.1) is 17.1 Å². The molecule has 1 aromatic heterocycles. The Kier molecular flexibility index (Phi) is 8.62. The van der Waals surface area contributed by atoms with E-state index in [1.165, 1.54) is 87.0 Å². The fourth-order valence-corrected chi connectivity index (χ4v) is 9.86. The van der Waals surface area contributed by atoms with Crippen molar-refractivity contribution in [2.75, 3.05) is 4.90 Å². The molecule has 1 saturated carbocycles. The predicted molar refractivity (Wildman–Crippen MR) is 246 cm³/mol. The van der Waals surface area contributed by atoms with E-state index >= 15 is 0 Å². The fourth-order valence-electron chi connectivity index (χ4n) is 9.86. The van der Waals surface area contributed by atoms with Crippen molar-refractivity contribution >= 4 is 60.5 Å². The van der Waals surface area contributed by atoms with Crippen LogP contribution < -0.4 is 4.90 Å². The predicted octanol–water partition coefficient (Wildman–Crippen LogP) is 16.4. The van der Waals surface area contributed by atoms with Crippen LogP contribution in [-0.4, -0.2) is 0 Å². The van der Waals surface area contributed by atoms with Crippen LogP contribution in [0, 0.1) is 0 Å². The molecule has 0 amide bonds. The Morgan fingerprint density at radius 3 is 1.62 bits per heavy atom. The number of nitrogens with zero attached hydrogens (tertiary/aromatic N) is 1. The van der Waals surface area contributed by atoms with Crippen molar-refractivity contribution in [3.8, 4) is 33.4 Å². The number of benzene rings is 9. The van der Waals surface area contributed by atoms with Gasteiger partial charge in [0.2, 0.25) is 0 Å². The highest BCUT2D eigenvalue weighted by molar-refractivity contribution is 6.14. The second kappa shape index (κ2) is 14.6. The molecule has 10 aromatic rings. The number of rotatable bonds is 7. The first-order valence-corrected chi connectivity index (χ1v) is 20.8. The molecule has 2 nitrogen and oxygen atoms in total. The maximum absolute atomic E-state index is 6.87. The molecule has 1 fully saturated rings. The molecule has 2 heteroatoms. The fraction of sp³-hybridized carbons (Fsp3) is 0.107. The van der Waals surface area contributed by atoms with E-state index in [0.29, 0.717) is 5.92 Å². The summed E-state index contributed by atoms with van der Waals surface area (Å²) in [6, 6.07) is 71.0. The zero-order chi connectivity index (χ0) is 38.4. The third-order valence-electron chi connectivity index (χ3n) is 12.5. The first kappa shape index (κ1) is 34.4. The number of fused-ring (bicyclic) bond motifs is 5. The largest absolute Gasteiger partial charge is 0.454 e. The molecule has 0 N–H and O–H groups in total. The average molecular weight is 746 g/mol. The van der Waals surface area contributed by atoms with Crippen molar-refractivity contribution in [2.24, 2.45) is 0 Å². The number of furan rings is 1. The Morgan fingerprint density at radius 2 is 0.897 bits per heavy atom. The van der Waals surface area contributed by atoms with E-state index in [0.717, 1.165) is 44.6 Å². The maximum atomic E-state index is 6.87. The minimum atomic E-state index is 0.567. The van der Waals surface area contributed by atoms with E-state index in [4.69, 9.17) is 4.42 Å². The van der Waals surface area contributed by atoms with Gasteiger partial charge in [0.15, 0.2) is 5.58 Å². The molecule has 0 atom stereocenters. The van der Waals surface area contributed by atoms with E-state index in [1.54, 1.807) is 0 Å². The Labute approximate surface area is 339 Å². The molecule has 0 unspecified atom stereocenters. The summed E-state index contributed by atoms with van der Waals surface area (Å²) in [6.45, 7) is 0. The highest BCUT2D eigenvalue weighted by Gasteiger charge is 2.27. The second-order valence-corrected chi connectivity index (χ2v) is 15.8. The van der Waals surface area contributed by atoms with E-state index in [-0.39, 0.29) is 0 Å². The Hall–Kier alpha value is -6.90. The van der Waals surface area contributed by atoms with E-state index in [1.807, 2.05) is 0 Å². The standard InChI is InChI=1S/C56H43NO/c1-3-18-38(19-4-1)42-29-13-22-40-24-15-31-47(54(40)42)44-26-7-10-34-50(44)57(52-36-17-33-49-46-28-9-12-37-53(46)58-56(49)52)51-35-11-8-27-45(51)48-32-16-25-41-23-14-30-43(55(41)48)39-20-5-2-6-21-39/h1,3-4,7-19,22-37,39H,2,5-6,20-21H2. The minimum Gasteiger partial charge on any atom is -0.454 e. The molecule has 0 bridgehead atoms. The van der Waals surface area contributed by atoms with Gasteiger partial charge in [-0.2, -0.15) is 0 Å². The lowest BCUT2D eigenvalue weighted by Crippen LogP contribution is -2.13. The van der Waals surface area contributed by atoms with Crippen molar-refractivity contribution in [3.63, 3.8) is 0 Å². The first-order chi connectivity index (χ1) is 28.8. The Bertz CT molecular complexity index is 3100. The van der Waals surface area contributed by atoms with Crippen LogP contribution in [0.2, 0.25) is 0 Å². The number of hydrogen-bond donors (Lipinski definition) is 0. The zero-order valence-corrected chi connectivity index (χ0v) is 32.4. The van der Waals surface area contributed by atoms with Gasteiger partial charge in [-0.3, -0.25) is 0 Å². The summed E-state index contributed by atoms with van der Waals surface area (Å²) in [5.41, 5.74) is 13.7. The molecule has 0 saturated heterocycles. The van der Waals surface area contributed by atoms with E-state index in [9.17, 15) is 0 Å². The van der Waals surface area contributed by atoms with Crippen molar-refractivity contribution in [3.05, 3.63) is 200 Å². The zero-order valence-electron chi connectivity index (χ0n) is 32.4. The average Bonchev–Trinajstić information content (AvgIpc) is 3.69. The van der Waals surface area contributed by atoms with Gasteiger partial charge in [0, 0.05) is 21.9 Å². The summed E-state index contributed by atoms with van der Waals surface area (Å²) in [6.07, 6.45) is 6.43. The number of para-hydroxylation sites is 4. The molecule has 11 rings (SSSR count). The molecular formula is C56H43NO. The Balaban J connectivity index is 1.21. The molecule has 0 radical (unpaired) electrons. The molecule has 278 valence electrons. The Morgan fingerprint density at radius 1 is 0.379 bits per heavy atom. The van der Waals surface area contributed by atoms with Gasteiger partial charge >= 0.3 is 0 Å². The topological polar surface area (TPSA) is 16.4 Å². The summed E-state index contributed by atoms with van der Waals surface area (Å²) < 4.78 is 6.87. The lowest BCUT2D eigenvalue weighted by atomic mass is 9.80. The van der Waals surface area contributed by atoms with Crippen molar-refractivity contribution in [1.82, 2.24) is 0 Å². The summed E-state index contributed by atoms with van der Waals surface area (Å²) >= 11 is 0. The smallest absolute Gasteiger partial charge is 0.159 e. The molecule has 1 aliphatic rings. The van der Waals surface area contributed by atoms with E-state index in [2.05, 4.69) is 199 Å². The van der Waals surface area contributed by atoms with Gasteiger partial charge in [-0.05, 0) is 92.4 Å². The van der Waals surface area contributed by atoms with Gasteiger partial charge < -0.3 is 9.32 Å². The molecule has 58 heavy (non-hydrogen) atoms. The van der Waals surface area contributed by atoms with Crippen LogP contribution in [0.25, 0.3) is 76.9 Å².